The molecule has 7 heteroatoms. The zero-order chi connectivity index (χ0) is 15.6. The fourth-order valence-electron chi connectivity index (χ4n) is 2.56. The van der Waals surface area contributed by atoms with Crippen LogP contribution < -0.4 is 0 Å². The molecule has 3 aromatic rings. The summed E-state index contributed by atoms with van der Waals surface area (Å²) in [6.45, 7) is 1.21. The van der Waals surface area contributed by atoms with Crippen LogP contribution >= 0.6 is 0 Å². The van der Waals surface area contributed by atoms with E-state index in [-0.39, 0.29) is 11.9 Å². The van der Waals surface area contributed by atoms with E-state index in [1.807, 2.05) is 41.2 Å². The number of aromatic nitrogens is 5. The molecule has 1 aromatic carbocycles. The Kier molecular flexibility index (Phi) is 3.30. The standard InChI is InChI=1S/C16H14N6O/c23-16(14-8-17-6-7-18-14)21-9-13(10-21)22-11-15(19-20-22)12-4-2-1-3-5-12/h1-8,11,13H,9-10H2. The molecule has 1 saturated heterocycles. The number of nitrogens with zero attached hydrogens (tertiary/aromatic N) is 6. The third-order valence-corrected chi connectivity index (χ3v) is 3.89. The Balaban J connectivity index is 1.43. The molecule has 3 heterocycles. The molecular weight excluding hydrogens is 292 g/mol. The lowest BCUT2D eigenvalue weighted by Crippen LogP contribution is -2.51. The van der Waals surface area contributed by atoms with E-state index in [4.69, 9.17) is 0 Å². The largest absolute Gasteiger partial charge is 0.333 e. The van der Waals surface area contributed by atoms with E-state index in [2.05, 4.69) is 20.3 Å². The number of hydrogen-bond donors (Lipinski definition) is 0. The van der Waals surface area contributed by atoms with E-state index in [0.717, 1.165) is 11.3 Å². The van der Waals surface area contributed by atoms with Crippen LogP contribution in [0, 0.1) is 0 Å². The molecule has 0 aliphatic carbocycles. The maximum absolute atomic E-state index is 12.2. The predicted molar refractivity (Wildman–Crippen MR) is 82.4 cm³/mol. The minimum atomic E-state index is -0.0993. The molecule has 2 aromatic heterocycles. The number of carbonyl (C=O) groups is 1. The fraction of sp³-hybridized carbons (Fsp3) is 0.188. The molecular formula is C16H14N6O. The van der Waals surface area contributed by atoms with Gasteiger partial charge in [-0.2, -0.15) is 0 Å². The normalized spacial score (nSPS) is 14.5. The van der Waals surface area contributed by atoms with Crippen LogP contribution in [0.1, 0.15) is 16.5 Å². The molecule has 23 heavy (non-hydrogen) atoms. The second kappa shape index (κ2) is 5.60. The molecule has 1 fully saturated rings. The minimum Gasteiger partial charge on any atom is -0.333 e. The first-order chi connectivity index (χ1) is 11.3. The van der Waals surface area contributed by atoms with Crippen LogP contribution in [0.5, 0.6) is 0 Å². The zero-order valence-electron chi connectivity index (χ0n) is 12.3. The maximum Gasteiger partial charge on any atom is 0.274 e. The number of benzene rings is 1. The van der Waals surface area contributed by atoms with Crippen LogP contribution in [0.25, 0.3) is 11.3 Å². The van der Waals surface area contributed by atoms with Crippen LogP contribution in [0.2, 0.25) is 0 Å². The van der Waals surface area contributed by atoms with Gasteiger partial charge < -0.3 is 4.90 Å². The van der Waals surface area contributed by atoms with Crippen molar-refractivity contribution in [2.45, 2.75) is 6.04 Å². The van der Waals surface area contributed by atoms with Crippen LogP contribution in [0.15, 0.2) is 55.1 Å². The van der Waals surface area contributed by atoms with E-state index in [0.29, 0.717) is 18.8 Å². The van der Waals surface area contributed by atoms with Gasteiger partial charge >= 0.3 is 0 Å². The number of amides is 1. The SMILES string of the molecule is O=C(c1cnccn1)N1CC(n2cc(-c3ccccc3)nn2)C1. The Morgan fingerprint density at radius 3 is 2.70 bits per heavy atom. The zero-order valence-corrected chi connectivity index (χ0v) is 12.3. The van der Waals surface area contributed by atoms with Crippen LogP contribution in [0.3, 0.4) is 0 Å². The molecule has 0 atom stereocenters. The molecule has 1 aliphatic rings. The van der Waals surface area contributed by atoms with Crippen molar-refractivity contribution in [2.75, 3.05) is 13.1 Å². The highest BCUT2D eigenvalue weighted by molar-refractivity contribution is 5.92. The Hall–Kier alpha value is -3.09. The topological polar surface area (TPSA) is 76.8 Å². The molecule has 7 nitrogen and oxygen atoms in total. The maximum atomic E-state index is 12.2. The summed E-state index contributed by atoms with van der Waals surface area (Å²) >= 11 is 0. The van der Waals surface area contributed by atoms with Gasteiger partial charge in [0.2, 0.25) is 0 Å². The third-order valence-electron chi connectivity index (χ3n) is 3.89. The summed E-state index contributed by atoms with van der Waals surface area (Å²) in [5.41, 5.74) is 2.24. The van der Waals surface area contributed by atoms with Crippen molar-refractivity contribution in [2.24, 2.45) is 0 Å². The van der Waals surface area contributed by atoms with Gasteiger partial charge in [-0.25, -0.2) is 9.67 Å². The molecule has 0 spiro atoms. The van der Waals surface area contributed by atoms with Crippen LogP contribution in [-0.4, -0.2) is 48.9 Å². The molecule has 1 amide bonds. The van der Waals surface area contributed by atoms with Crippen molar-refractivity contribution in [3.8, 4) is 11.3 Å². The minimum absolute atomic E-state index is 0.0993. The van der Waals surface area contributed by atoms with Crippen molar-refractivity contribution in [1.29, 1.82) is 0 Å². The highest BCUT2D eigenvalue weighted by Gasteiger charge is 2.33. The molecule has 0 N–H and O–H groups in total. The lowest BCUT2D eigenvalue weighted by atomic mass is 10.1. The van der Waals surface area contributed by atoms with Gasteiger partial charge in [0.25, 0.3) is 5.91 Å². The highest BCUT2D eigenvalue weighted by atomic mass is 16.2. The molecule has 0 bridgehead atoms. The van der Waals surface area contributed by atoms with E-state index < -0.39 is 0 Å². The first kappa shape index (κ1) is 13.6. The highest BCUT2D eigenvalue weighted by Crippen LogP contribution is 2.24. The predicted octanol–water partition coefficient (Wildman–Crippen LogP) is 1.43. The summed E-state index contributed by atoms with van der Waals surface area (Å²) in [7, 11) is 0. The van der Waals surface area contributed by atoms with Crippen molar-refractivity contribution in [3.63, 3.8) is 0 Å². The average molecular weight is 306 g/mol. The van der Waals surface area contributed by atoms with Crippen molar-refractivity contribution >= 4 is 5.91 Å². The Bertz CT molecular complexity index is 811. The van der Waals surface area contributed by atoms with Gasteiger partial charge in [0, 0.05) is 31.0 Å². The second-order valence-electron chi connectivity index (χ2n) is 5.40. The monoisotopic (exact) mass is 306 g/mol. The lowest BCUT2D eigenvalue weighted by molar-refractivity contribution is 0.0492. The van der Waals surface area contributed by atoms with E-state index in [1.165, 1.54) is 12.4 Å². The molecule has 0 radical (unpaired) electrons. The van der Waals surface area contributed by atoms with Crippen LogP contribution in [-0.2, 0) is 0 Å². The number of hydrogen-bond acceptors (Lipinski definition) is 5. The van der Waals surface area contributed by atoms with Gasteiger partial charge in [-0.1, -0.05) is 35.5 Å². The summed E-state index contributed by atoms with van der Waals surface area (Å²) < 4.78 is 1.82. The molecule has 114 valence electrons. The number of likely N-dealkylation sites (tertiary alicyclic amines) is 1. The van der Waals surface area contributed by atoms with E-state index in [1.54, 1.807) is 11.1 Å². The first-order valence-electron chi connectivity index (χ1n) is 7.34. The first-order valence-corrected chi connectivity index (χ1v) is 7.34. The van der Waals surface area contributed by atoms with Gasteiger partial charge in [-0.05, 0) is 0 Å². The van der Waals surface area contributed by atoms with Crippen molar-refractivity contribution < 1.29 is 4.79 Å². The van der Waals surface area contributed by atoms with E-state index >= 15 is 0 Å². The van der Waals surface area contributed by atoms with Gasteiger partial charge in [0.15, 0.2) is 0 Å². The number of rotatable bonds is 3. The lowest BCUT2D eigenvalue weighted by Gasteiger charge is -2.38. The summed E-state index contributed by atoms with van der Waals surface area (Å²) in [5, 5.41) is 8.39. The molecule has 0 saturated carbocycles. The average Bonchev–Trinajstić information content (AvgIpc) is 3.05. The Labute approximate surface area is 132 Å². The van der Waals surface area contributed by atoms with Gasteiger partial charge in [0.05, 0.1) is 18.4 Å². The Morgan fingerprint density at radius 2 is 1.96 bits per heavy atom. The van der Waals surface area contributed by atoms with Crippen molar-refractivity contribution in [1.82, 2.24) is 29.9 Å². The fourth-order valence-corrected chi connectivity index (χ4v) is 2.56. The summed E-state index contributed by atoms with van der Waals surface area (Å²) in [5.74, 6) is -0.0993. The Morgan fingerprint density at radius 1 is 1.13 bits per heavy atom. The third kappa shape index (κ3) is 2.57. The molecule has 1 aliphatic heterocycles. The van der Waals surface area contributed by atoms with Crippen LogP contribution in [0.4, 0.5) is 0 Å². The van der Waals surface area contributed by atoms with Gasteiger partial charge in [-0.15, -0.1) is 5.10 Å². The smallest absolute Gasteiger partial charge is 0.274 e. The molecule has 0 unspecified atom stereocenters. The van der Waals surface area contributed by atoms with Gasteiger partial charge in [0.1, 0.15) is 11.4 Å². The van der Waals surface area contributed by atoms with E-state index in [9.17, 15) is 4.79 Å². The number of carbonyl (C=O) groups excluding carboxylic acids is 1. The van der Waals surface area contributed by atoms with Gasteiger partial charge in [-0.3, -0.25) is 9.78 Å². The van der Waals surface area contributed by atoms with Crippen molar-refractivity contribution in [3.05, 3.63) is 60.8 Å². The molecule has 4 rings (SSSR count). The summed E-state index contributed by atoms with van der Waals surface area (Å²) in [6.07, 6.45) is 6.48. The summed E-state index contributed by atoms with van der Waals surface area (Å²) in [4.78, 5) is 21.9. The second-order valence-corrected chi connectivity index (χ2v) is 5.40. The quantitative estimate of drug-likeness (QED) is 0.731. The summed E-state index contributed by atoms with van der Waals surface area (Å²) in [6, 6.07) is 10.1.